The molecule has 2 aromatic carbocycles. The average Bonchev–Trinajstić information content (AvgIpc) is 2.42. The van der Waals surface area contributed by atoms with Crippen molar-refractivity contribution in [3.8, 4) is 0 Å². The van der Waals surface area contributed by atoms with Crippen molar-refractivity contribution in [1.29, 1.82) is 0 Å². The fraction of sp³-hybridized carbons (Fsp3) is 0.143. The highest BCUT2D eigenvalue weighted by Crippen LogP contribution is 2.18. The van der Waals surface area contributed by atoms with E-state index in [9.17, 15) is 9.59 Å². The summed E-state index contributed by atoms with van der Waals surface area (Å²) in [5.74, 6) is -0.614. The number of amides is 1. The molecule has 4 heteroatoms. The highest BCUT2D eigenvalue weighted by molar-refractivity contribution is 6.08. The molecular weight excluding hydrogens is 230 g/mol. The molecule has 0 aliphatic carbocycles. The molecule has 4 nitrogen and oxygen atoms in total. The number of rotatable bonds is 2. The Labute approximate surface area is 104 Å². The highest BCUT2D eigenvalue weighted by Gasteiger charge is 2.32. The Kier molecular flexibility index (Phi) is 2.48. The smallest absolute Gasteiger partial charge is 0.332 e. The van der Waals surface area contributed by atoms with E-state index < -0.39 is 6.04 Å². The number of esters is 1. The maximum Gasteiger partial charge on any atom is 0.332 e. The minimum Gasteiger partial charge on any atom is -0.461 e. The van der Waals surface area contributed by atoms with E-state index in [4.69, 9.17) is 0 Å². The van der Waals surface area contributed by atoms with Gasteiger partial charge in [-0.05, 0) is 16.8 Å². The summed E-state index contributed by atoms with van der Waals surface area (Å²) in [6, 6.07) is 12.7. The molecule has 0 aromatic heterocycles. The van der Waals surface area contributed by atoms with Crippen LogP contribution in [0.2, 0.25) is 0 Å². The van der Waals surface area contributed by atoms with Gasteiger partial charge in [-0.15, -0.1) is 0 Å². The van der Waals surface area contributed by atoms with Crippen LogP contribution in [0.25, 0.3) is 10.8 Å². The Morgan fingerprint density at radius 1 is 1.17 bits per heavy atom. The Morgan fingerprint density at radius 3 is 2.67 bits per heavy atom. The van der Waals surface area contributed by atoms with Gasteiger partial charge in [0.2, 0.25) is 0 Å². The van der Waals surface area contributed by atoms with Gasteiger partial charge in [-0.1, -0.05) is 36.4 Å². The monoisotopic (exact) mass is 241 g/mol. The molecule has 1 heterocycles. The minimum absolute atomic E-state index is 0.242. The molecule has 1 amide bonds. The topological polar surface area (TPSA) is 55.4 Å². The average molecular weight is 241 g/mol. The number of benzene rings is 2. The largest absolute Gasteiger partial charge is 0.461 e. The van der Waals surface area contributed by atoms with Crippen molar-refractivity contribution in [1.82, 2.24) is 5.32 Å². The molecule has 1 fully saturated rings. The van der Waals surface area contributed by atoms with E-state index in [0.717, 1.165) is 10.8 Å². The Bertz CT molecular complexity index is 630. The molecule has 1 atom stereocenters. The Morgan fingerprint density at radius 2 is 1.94 bits per heavy atom. The van der Waals surface area contributed by atoms with E-state index >= 15 is 0 Å². The van der Waals surface area contributed by atoms with Gasteiger partial charge in [-0.3, -0.25) is 4.79 Å². The SMILES string of the molecule is O=C(N[C@H]1COC1=O)c1cccc2ccccc12. The Balaban J connectivity index is 1.93. The number of cyclic esters (lactones) is 1. The third-order valence-corrected chi connectivity index (χ3v) is 3.02. The lowest BCUT2D eigenvalue weighted by Crippen LogP contribution is -2.52. The first-order valence-electron chi connectivity index (χ1n) is 5.71. The lowest BCUT2D eigenvalue weighted by Gasteiger charge is -2.25. The quantitative estimate of drug-likeness (QED) is 0.810. The first kappa shape index (κ1) is 10.8. The summed E-state index contributed by atoms with van der Waals surface area (Å²) >= 11 is 0. The summed E-state index contributed by atoms with van der Waals surface area (Å²) in [7, 11) is 0. The molecule has 0 saturated carbocycles. The number of ether oxygens (including phenoxy) is 1. The van der Waals surface area contributed by atoms with Crippen molar-refractivity contribution in [3.05, 3.63) is 48.0 Å². The second kappa shape index (κ2) is 4.14. The van der Waals surface area contributed by atoms with Gasteiger partial charge in [-0.2, -0.15) is 0 Å². The summed E-state index contributed by atoms with van der Waals surface area (Å²) in [6.45, 7) is 0.259. The number of nitrogens with one attached hydrogen (secondary N) is 1. The third kappa shape index (κ3) is 1.72. The zero-order chi connectivity index (χ0) is 12.5. The van der Waals surface area contributed by atoms with E-state index in [1.54, 1.807) is 6.07 Å². The van der Waals surface area contributed by atoms with E-state index in [-0.39, 0.29) is 18.5 Å². The van der Waals surface area contributed by atoms with Crippen molar-refractivity contribution in [3.63, 3.8) is 0 Å². The predicted octanol–water partition coefficient (Wildman–Crippen LogP) is 1.49. The lowest BCUT2D eigenvalue weighted by molar-refractivity contribution is -0.162. The number of fused-ring (bicyclic) bond motifs is 1. The molecular formula is C14H11NO3. The van der Waals surface area contributed by atoms with E-state index in [1.165, 1.54) is 0 Å². The number of hydrogen-bond acceptors (Lipinski definition) is 3. The summed E-state index contributed by atoms with van der Waals surface area (Å²) < 4.78 is 4.61. The molecule has 1 saturated heterocycles. The zero-order valence-corrected chi connectivity index (χ0v) is 9.55. The maximum absolute atomic E-state index is 12.1. The molecule has 1 N–H and O–H groups in total. The summed E-state index contributed by atoms with van der Waals surface area (Å²) in [5, 5.41) is 4.54. The zero-order valence-electron chi connectivity index (χ0n) is 9.55. The van der Waals surface area contributed by atoms with Gasteiger partial charge in [0.1, 0.15) is 6.61 Å². The fourth-order valence-corrected chi connectivity index (χ4v) is 1.99. The van der Waals surface area contributed by atoms with Crippen LogP contribution in [0.15, 0.2) is 42.5 Å². The molecule has 2 aromatic rings. The van der Waals surface area contributed by atoms with Crippen LogP contribution in [0.1, 0.15) is 10.4 Å². The van der Waals surface area contributed by atoms with Crippen molar-refractivity contribution in [2.45, 2.75) is 6.04 Å². The summed E-state index contributed by atoms with van der Waals surface area (Å²) in [6.07, 6.45) is 0. The van der Waals surface area contributed by atoms with Gasteiger partial charge in [-0.25, -0.2) is 4.79 Å². The van der Waals surface area contributed by atoms with Crippen molar-refractivity contribution in [2.75, 3.05) is 6.61 Å². The van der Waals surface area contributed by atoms with Gasteiger partial charge in [0, 0.05) is 5.56 Å². The van der Waals surface area contributed by atoms with E-state index in [2.05, 4.69) is 10.1 Å². The van der Waals surface area contributed by atoms with Crippen LogP contribution in [-0.4, -0.2) is 24.5 Å². The van der Waals surface area contributed by atoms with Crippen LogP contribution in [-0.2, 0) is 9.53 Å². The van der Waals surface area contributed by atoms with Crippen LogP contribution in [0, 0.1) is 0 Å². The van der Waals surface area contributed by atoms with Crippen molar-refractivity contribution < 1.29 is 14.3 Å². The van der Waals surface area contributed by atoms with Crippen LogP contribution in [0.3, 0.4) is 0 Å². The molecule has 0 spiro atoms. The van der Waals surface area contributed by atoms with Gasteiger partial charge in [0.15, 0.2) is 6.04 Å². The third-order valence-electron chi connectivity index (χ3n) is 3.02. The molecule has 0 bridgehead atoms. The van der Waals surface area contributed by atoms with Crippen molar-refractivity contribution >= 4 is 22.6 Å². The lowest BCUT2D eigenvalue weighted by atomic mass is 10.0. The molecule has 1 aliphatic rings. The highest BCUT2D eigenvalue weighted by atomic mass is 16.6. The first-order chi connectivity index (χ1) is 8.75. The molecule has 90 valence electrons. The molecule has 0 radical (unpaired) electrons. The van der Waals surface area contributed by atoms with Gasteiger partial charge >= 0.3 is 5.97 Å². The van der Waals surface area contributed by atoms with Crippen LogP contribution < -0.4 is 5.32 Å². The predicted molar refractivity (Wildman–Crippen MR) is 66.2 cm³/mol. The van der Waals surface area contributed by atoms with Gasteiger partial charge in [0.05, 0.1) is 0 Å². The van der Waals surface area contributed by atoms with Crippen LogP contribution in [0.5, 0.6) is 0 Å². The summed E-state index contributed by atoms with van der Waals surface area (Å²) in [5.41, 5.74) is 0.577. The molecule has 18 heavy (non-hydrogen) atoms. The summed E-state index contributed by atoms with van der Waals surface area (Å²) in [4.78, 5) is 23.1. The second-order valence-corrected chi connectivity index (χ2v) is 4.18. The van der Waals surface area contributed by atoms with Crippen LogP contribution >= 0.6 is 0 Å². The van der Waals surface area contributed by atoms with Crippen molar-refractivity contribution in [2.24, 2.45) is 0 Å². The molecule has 3 rings (SSSR count). The number of carbonyl (C=O) groups excluding carboxylic acids is 2. The van der Waals surface area contributed by atoms with Crippen LogP contribution in [0.4, 0.5) is 0 Å². The molecule has 1 aliphatic heterocycles. The molecule has 0 unspecified atom stereocenters. The first-order valence-corrected chi connectivity index (χ1v) is 5.71. The van der Waals surface area contributed by atoms with Gasteiger partial charge < -0.3 is 10.1 Å². The second-order valence-electron chi connectivity index (χ2n) is 4.18. The Hall–Kier alpha value is -2.36. The minimum atomic E-state index is -0.503. The normalized spacial score (nSPS) is 18.0. The van der Waals surface area contributed by atoms with E-state index in [0.29, 0.717) is 5.56 Å². The standard InChI is InChI=1S/C14H11NO3/c16-13(15-12-8-18-14(12)17)11-7-3-5-9-4-1-2-6-10(9)11/h1-7,12H,8H2,(H,15,16)/t12-/m0/s1. The number of carbonyl (C=O) groups is 2. The fourth-order valence-electron chi connectivity index (χ4n) is 1.99. The maximum atomic E-state index is 12.1. The number of hydrogen-bond donors (Lipinski definition) is 1. The van der Waals surface area contributed by atoms with E-state index in [1.807, 2.05) is 36.4 Å². The van der Waals surface area contributed by atoms with Gasteiger partial charge in [0.25, 0.3) is 5.91 Å².